The predicted molar refractivity (Wildman–Crippen MR) is 134 cm³/mol. The van der Waals surface area contributed by atoms with Crippen molar-refractivity contribution in [2.45, 2.75) is 12.6 Å². The number of hydrogen-bond donors (Lipinski definition) is 0. The maximum absolute atomic E-state index is 13.6. The topological polar surface area (TPSA) is 60.8 Å². The highest BCUT2D eigenvalue weighted by Crippen LogP contribution is 2.42. The summed E-state index contributed by atoms with van der Waals surface area (Å²) < 4.78 is 12.6. The molecule has 0 radical (unpaired) electrons. The second kappa shape index (κ2) is 9.73. The van der Waals surface area contributed by atoms with Gasteiger partial charge in [-0.15, -0.1) is 0 Å². The molecule has 1 unspecified atom stereocenters. The summed E-state index contributed by atoms with van der Waals surface area (Å²) in [4.78, 5) is 28.8. The van der Waals surface area contributed by atoms with Crippen LogP contribution in [0.1, 0.15) is 27.5 Å². The molecule has 5 rings (SSSR count). The third-order valence-corrected chi connectivity index (χ3v) is 5.98. The lowest BCUT2D eigenvalue weighted by atomic mass is 9.89. The zero-order chi connectivity index (χ0) is 24.2. The molecule has 3 aromatic carbocycles. The van der Waals surface area contributed by atoms with Crippen LogP contribution in [0.5, 0.6) is 5.75 Å². The van der Waals surface area contributed by atoms with Gasteiger partial charge in [0.25, 0.3) is 5.91 Å². The highest BCUT2D eigenvalue weighted by molar-refractivity contribution is 6.07. The number of fused-ring (bicyclic) bond motifs is 1. The summed E-state index contributed by atoms with van der Waals surface area (Å²) in [6.45, 7) is 0.123. The number of rotatable bonds is 5. The van der Waals surface area contributed by atoms with E-state index in [0.29, 0.717) is 17.0 Å². The molecule has 35 heavy (non-hydrogen) atoms. The number of ether oxygens (including phenoxy) is 2. The van der Waals surface area contributed by atoms with Crippen molar-refractivity contribution in [3.05, 3.63) is 126 Å². The summed E-state index contributed by atoms with van der Waals surface area (Å²) >= 11 is 0. The van der Waals surface area contributed by atoms with Crippen LogP contribution in [-0.2, 0) is 11.3 Å². The Balaban J connectivity index is 1.60. The van der Waals surface area contributed by atoms with Crippen molar-refractivity contribution in [1.82, 2.24) is 4.57 Å². The molecule has 1 atom stereocenters. The molecule has 0 N–H and O–H groups in total. The van der Waals surface area contributed by atoms with E-state index in [9.17, 15) is 9.59 Å². The van der Waals surface area contributed by atoms with Crippen molar-refractivity contribution in [2.24, 2.45) is 0 Å². The van der Waals surface area contributed by atoms with E-state index in [1.165, 1.54) is 4.57 Å². The summed E-state index contributed by atoms with van der Waals surface area (Å²) in [6, 6.07) is 27.3. The summed E-state index contributed by atoms with van der Waals surface area (Å²) in [6.07, 6.45) is 4.72. The van der Waals surface area contributed by atoms with Gasteiger partial charge in [0.05, 0.1) is 18.8 Å². The fourth-order valence-corrected chi connectivity index (χ4v) is 4.26. The lowest BCUT2D eigenvalue weighted by Crippen LogP contribution is -2.40. The second-order valence-corrected chi connectivity index (χ2v) is 8.14. The Bertz CT molecular complexity index is 1360. The molecule has 1 aliphatic heterocycles. The van der Waals surface area contributed by atoms with Crippen LogP contribution in [0.2, 0.25) is 0 Å². The van der Waals surface area contributed by atoms with E-state index in [1.54, 1.807) is 36.5 Å². The first-order valence-electron chi connectivity index (χ1n) is 11.3. The van der Waals surface area contributed by atoms with Crippen molar-refractivity contribution in [3.8, 4) is 5.75 Å². The smallest absolute Gasteiger partial charge is 0.415 e. The Morgan fingerprint density at radius 3 is 2.23 bits per heavy atom. The quantitative estimate of drug-likeness (QED) is 0.357. The number of hydrogen-bond acceptors (Lipinski definition) is 4. The molecule has 0 saturated heterocycles. The van der Waals surface area contributed by atoms with Gasteiger partial charge in [-0.05, 0) is 53.1 Å². The number of anilines is 1. The Morgan fingerprint density at radius 1 is 0.829 bits per heavy atom. The normalized spacial score (nSPS) is 14.6. The lowest BCUT2D eigenvalue weighted by molar-refractivity contribution is 0.0948. The first-order chi connectivity index (χ1) is 17.2. The molecule has 0 bridgehead atoms. The van der Waals surface area contributed by atoms with Crippen LogP contribution in [0.4, 0.5) is 10.5 Å². The zero-order valence-electron chi connectivity index (χ0n) is 19.2. The minimum atomic E-state index is -0.686. The number of methoxy groups -OCH3 is 1. The Hall–Kier alpha value is -4.58. The summed E-state index contributed by atoms with van der Waals surface area (Å²) in [5, 5.41) is 0. The van der Waals surface area contributed by atoms with Crippen LogP contribution in [0.3, 0.4) is 0 Å². The third-order valence-electron chi connectivity index (χ3n) is 5.98. The predicted octanol–water partition coefficient (Wildman–Crippen LogP) is 6.12. The van der Waals surface area contributed by atoms with E-state index in [2.05, 4.69) is 0 Å². The molecule has 0 aliphatic carbocycles. The molecule has 0 saturated carbocycles. The van der Waals surface area contributed by atoms with Gasteiger partial charge in [0.1, 0.15) is 12.4 Å². The monoisotopic (exact) mass is 464 g/mol. The van der Waals surface area contributed by atoms with Gasteiger partial charge in [0.15, 0.2) is 0 Å². The molecular weight excluding hydrogens is 440 g/mol. The van der Waals surface area contributed by atoms with Gasteiger partial charge in [0, 0.05) is 18.0 Å². The molecule has 1 amide bonds. The molecule has 0 fully saturated rings. The molecule has 4 aromatic rings. The fraction of sp³-hybridized carbons (Fsp3) is 0.103. The SMILES string of the molecule is COc1ccc(C2C(C(=O)n3cccc3)=Cc3ccccc3N2C(=O)OCc2ccccc2)cc1. The van der Waals surface area contributed by atoms with Crippen LogP contribution in [-0.4, -0.2) is 23.7 Å². The van der Waals surface area contributed by atoms with E-state index in [0.717, 1.165) is 16.7 Å². The van der Waals surface area contributed by atoms with Gasteiger partial charge in [-0.1, -0.05) is 60.7 Å². The maximum Gasteiger partial charge on any atom is 0.415 e. The molecule has 174 valence electrons. The number of benzene rings is 3. The molecule has 6 nitrogen and oxygen atoms in total. The number of para-hydroxylation sites is 1. The third kappa shape index (κ3) is 4.46. The lowest BCUT2D eigenvalue weighted by Gasteiger charge is -2.36. The molecule has 6 heteroatoms. The Labute approximate surface area is 203 Å². The van der Waals surface area contributed by atoms with Gasteiger partial charge in [-0.2, -0.15) is 0 Å². The van der Waals surface area contributed by atoms with Crippen molar-refractivity contribution >= 4 is 23.8 Å². The summed E-state index contributed by atoms with van der Waals surface area (Å²) in [5.74, 6) is 0.469. The standard InChI is InChI=1S/C29H24N2O4/c1-34-24-15-13-22(14-16-24)27-25(28(32)30-17-7-8-18-30)19-23-11-5-6-12-26(23)31(27)29(33)35-20-21-9-3-2-4-10-21/h2-19,27H,20H2,1H3. The number of nitrogens with zero attached hydrogens (tertiary/aromatic N) is 2. The number of amides is 1. The van der Waals surface area contributed by atoms with Gasteiger partial charge in [-0.3, -0.25) is 14.3 Å². The molecule has 2 heterocycles. The average molecular weight is 465 g/mol. The van der Waals surface area contributed by atoms with Gasteiger partial charge >= 0.3 is 6.09 Å². The summed E-state index contributed by atoms with van der Waals surface area (Å²) in [7, 11) is 1.60. The first kappa shape index (κ1) is 22.2. The Kier molecular flexibility index (Phi) is 6.18. The van der Waals surface area contributed by atoms with Gasteiger partial charge < -0.3 is 9.47 Å². The number of carbonyl (C=O) groups is 2. The fourth-order valence-electron chi connectivity index (χ4n) is 4.26. The van der Waals surface area contributed by atoms with Gasteiger partial charge in [-0.25, -0.2) is 4.79 Å². The molecule has 1 aliphatic rings. The van der Waals surface area contributed by atoms with E-state index in [4.69, 9.17) is 9.47 Å². The summed E-state index contributed by atoms with van der Waals surface area (Å²) in [5.41, 5.74) is 3.55. The zero-order valence-corrected chi connectivity index (χ0v) is 19.2. The van der Waals surface area contributed by atoms with Crippen LogP contribution >= 0.6 is 0 Å². The van der Waals surface area contributed by atoms with Crippen LogP contribution in [0.25, 0.3) is 6.08 Å². The van der Waals surface area contributed by atoms with Crippen molar-refractivity contribution in [2.75, 3.05) is 12.0 Å². The van der Waals surface area contributed by atoms with Crippen LogP contribution in [0, 0.1) is 0 Å². The van der Waals surface area contributed by atoms with E-state index >= 15 is 0 Å². The maximum atomic E-state index is 13.6. The van der Waals surface area contributed by atoms with Gasteiger partial charge in [0.2, 0.25) is 0 Å². The Morgan fingerprint density at radius 2 is 1.51 bits per heavy atom. The molecule has 1 aromatic heterocycles. The average Bonchev–Trinajstić information content (AvgIpc) is 3.46. The van der Waals surface area contributed by atoms with E-state index < -0.39 is 12.1 Å². The highest BCUT2D eigenvalue weighted by Gasteiger charge is 2.38. The number of aromatic nitrogens is 1. The van der Waals surface area contributed by atoms with Crippen molar-refractivity contribution in [3.63, 3.8) is 0 Å². The van der Waals surface area contributed by atoms with Crippen LogP contribution < -0.4 is 9.64 Å². The molecule has 0 spiro atoms. The number of carbonyl (C=O) groups excluding carboxylic acids is 2. The largest absolute Gasteiger partial charge is 0.497 e. The van der Waals surface area contributed by atoms with E-state index in [1.807, 2.05) is 84.9 Å². The van der Waals surface area contributed by atoms with Crippen molar-refractivity contribution < 1.29 is 19.1 Å². The van der Waals surface area contributed by atoms with Crippen molar-refractivity contribution in [1.29, 1.82) is 0 Å². The first-order valence-corrected chi connectivity index (χ1v) is 11.3. The minimum absolute atomic E-state index is 0.123. The second-order valence-electron chi connectivity index (χ2n) is 8.14. The molecular formula is C29H24N2O4. The minimum Gasteiger partial charge on any atom is -0.497 e. The van der Waals surface area contributed by atoms with E-state index in [-0.39, 0.29) is 12.5 Å². The highest BCUT2D eigenvalue weighted by atomic mass is 16.6. The van der Waals surface area contributed by atoms with Crippen LogP contribution in [0.15, 0.2) is 109 Å².